The maximum Gasteiger partial charge on any atom is 0.267 e. The fourth-order valence-corrected chi connectivity index (χ4v) is 3.21. The van der Waals surface area contributed by atoms with Gasteiger partial charge in [-0.3, -0.25) is 14.6 Å². The molecule has 2 N–H and O–H groups in total. The molecule has 3 rings (SSSR count). The predicted molar refractivity (Wildman–Crippen MR) is 92.2 cm³/mol. The summed E-state index contributed by atoms with van der Waals surface area (Å²) in [6.07, 6.45) is 3.15. The van der Waals surface area contributed by atoms with Gasteiger partial charge in [0.1, 0.15) is 5.69 Å². The Labute approximate surface area is 149 Å². The number of rotatable bonds is 3. The van der Waals surface area contributed by atoms with Gasteiger partial charge in [-0.2, -0.15) is 0 Å². The molecule has 1 saturated heterocycles. The van der Waals surface area contributed by atoms with Crippen molar-refractivity contribution >= 4 is 35.0 Å². The highest BCUT2D eigenvalue weighted by molar-refractivity contribution is 6.42. The Bertz CT molecular complexity index is 793. The fraction of sp³-hybridized carbons (Fsp3) is 0.235. The lowest BCUT2D eigenvalue weighted by atomic mass is 10.0. The molecule has 2 aromatic rings. The van der Waals surface area contributed by atoms with Crippen LogP contribution in [-0.2, 0) is 0 Å². The van der Waals surface area contributed by atoms with Crippen LogP contribution in [0.5, 0.6) is 0 Å². The van der Waals surface area contributed by atoms with E-state index in [4.69, 9.17) is 28.9 Å². The van der Waals surface area contributed by atoms with Gasteiger partial charge in [0.2, 0.25) is 0 Å². The third kappa shape index (κ3) is 3.23. The van der Waals surface area contributed by atoms with Crippen LogP contribution >= 0.6 is 23.2 Å². The van der Waals surface area contributed by atoms with Crippen molar-refractivity contribution in [3.8, 4) is 0 Å². The molecule has 0 saturated carbocycles. The van der Waals surface area contributed by atoms with Crippen molar-refractivity contribution in [1.29, 1.82) is 0 Å². The standard InChI is InChI=1S/C17H15Cl2N3O2/c18-12-5-3-10(8-13(12)19)15-2-1-7-22(15)17(24)11-4-6-14(16(20)23)21-9-11/h3-6,8-9,15H,1-2,7H2,(H2,20,23). The van der Waals surface area contributed by atoms with Crippen LogP contribution in [0.4, 0.5) is 0 Å². The van der Waals surface area contributed by atoms with E-state index in [-0.39, 0.29) is 17.6 Å². The molecule has 2 heterocycles. The summed E-state index contributed by atoms with van der Waals surface area (Å²) in [5, 5.41) is 0.962. The van der Waals surface area contributed by atoms with E-state index < -0.39 is 5.91 Å². The van der Waals surface area contributed by atoms with E-state index in [1.54, 1.807) is 23.1 Å². The zero-order valence-corrected chi connectivity index (χ0v) is 14.2. The molecule has 5 nitrogen and oxygen atoms in total. The molecular formula is C17H15Cl2N3O2. The van der Waals surface area contributed by atoms with Crippen LogP contribution in [0.15, 0.2) is 36.5 Å². The molecule has 1 fully saturated rings. The molecule has 1 aromatic carbocycles. The lowest BCUT2D eigenvalue weighted by Gasteiger charge is -2.25. The number of aromatic nitrogens is 1. The van der Waals surface area contributed by atoms with E-state index in [1.807, 2.05) is 6.07 Å². The molecule has 1 aromatic heterocycles. The number of nitrogens with two attached hydrogens (primary N) is 1. The lowest BCUT2D eigenvalue weighted by Crippen LogP contribution is -2.30. The maximum atomic E-state index is 12.8. The van der Waals surface area contributed by atoms with Crippen LogP contribution in [0.3, 0.4) is 0 Å². The Morgan fingerprint density at radius 3 is 2.58 bits per heavy atom. The maximum absolute atomic E-state index is 12.8. The summed E-state index contributed by atoms with van der Waals surface area (Å²) in [5.41, 5.74) is 6.68. The molecule has 2 amide bonds. The van der Waals surface area contributed by atoms with Gasteiger partial charge in [-0.15, -0.1) is 0 Å². The number of pyridine rings is 1. The molecule has 124 valence electrons. The lowest BCUT2D eigenvalue weighted by molar-refractivity contribution is 0.0734. The topological polar surface area (TPSA) is 76.3 Å². The van der Waals surface area contributed by atoms with Crippen molar-refractivity contribution in [2.75, 3.05) is 6.54 Å². The van der Waals surface area contributed by atoms with E-state index in [2.05, 4.69) is 4.98 Å². The molecular weight excluding hydrogens is 349 g/mol. The largest absolute Gasteiger partial charge is 0.364 e. The van der Waals surface area contributed by atoms with Crippen molar-refractivity contribution in [2.45, 2.75) is 18.9 Å². The summed E-state index contributed by atoms with van der Waals surface area (Å²) < 4.78 is 0. The molecule has 0 radical (unpaired) electrons. The second-order valence-electron chi connectivity index (χ2n) is 5.63. The highest BCUT2D eigenvalue weighted by Gasteiger charge is 2.31. The number of nitrogens with zero attached hydrogens (tertiary/aromatic N) is 2. The highest BCUT2D eigenvalue weighted by atomic mass is 35.5. The summed E-state index contributed by atoms with van der Waals surface area (Å²) in [4.78, 5) is 29.6. The minimum absolute atomic E-state index is 0.0527. The molecule has 24 heavy (non-hydrogen) atoms. The Balaban J connectivity index is 1.85. The van der Waals surface area contributed by atoms with E-state index in [9.17, 15) is 9.59 Å². The van der Waals surface area contributed by atoms with E-state index >= 15 is 0 Å². The fourth-order valence-electron chi connectivity index (χ4n) is 2.91. The minimum atomic E-state index is -0.621. The van der Waals surface area contributed by atoms with Gasteiger partial charge in [0, 0.05) is 12.7 Å². The molecule has 0 bridgehead atoms. The van der Waals surface area contributed by atoms with Crippen molar-refractivity contribution in [3.05, 3.63) is 63.4 Å². The van der Waals surface area contributed by atoms with E-state index in [1.165, 1.54) is 12.3 Å². The molecule has 0 spiro atoms. The van der Waals surface area contributed by atoms with Gasteiger partial charge in [-0.05, 0) is 42.7 Å². The van der Waals surface area contributed by atoms with Gasteiger partial charge >= 0.3 is 0 Å². The average molecular weight is 364 g/mol. The van der Waals surface area contributed by atoms with Crippen molar-refractivity contribution < 1.29 is 9.59 Å². The van der Waals surface area contributed by atoms with Crippen molar-refractivity contribution in [3.63, 3.8) is 0 Å². The molecule has 1 unspecified atom stereocenters. The third-order valence-corrected chi connectivity index (χ3v) is 4.84. The Morgan fingerprint density at radius 2 is 1.96 bits per heavy atom. The first-order chi connectivity index (χ1) is 11.5. The van der Waals surface area contributed by atoms with Crippen LogP contribution in [0.1, 0.15) is 45.3 Å². The average Bonchev–Trinajstić information content (AvgIpc) is 3.06. The first-order valence-electron chi connectivity index (χ1n) is 7.49. The smallest absolute Gasteiger partial charge is 0.267 e. The SMILES string of the molecule is NC(=O)c1ccc(C(=O)N2CCCC2c2ccc(Cl)c(Cl)c2)cn1. The Kier molecular flexibility index (Phi) is 4.73. The summed E-state index contributed by atoms with van der Waals surface area (Å²) in [7, 11) is 0. The number of likely N-dealkylation sites (tertiary alicyclic amines) is 1. The van der Waals surface area contributed by atoms with Gasteiger partial charge in [0.05, 0.1) is 21.7 Å². The number of halogens is 2. The molecule has 1 aliphatic heterocycles. The normalized spacial score (nSPS) is 17.1. The van der Waals surface area contributed by atoms with Crippen LogP contribution < -0.4 is 5.73 Å². The number of carbonyl (C=O) groups is 2. The second-order valence-corrected chi connectivity index (χ2v) is 6.44. The number of hydrogen-bond acceptors (Lipinski definition) is 3. The van der Waals surface area contributed by atoms with Crippen LogP contribution in [-0.4, -0.2) is 28.2 Å². The number of carbonyl (C=O) groups excluding carboxylic acids is 2. The van der Waals surface area contributed by atoms with Gasteiger partial charge in [0.25, 0.3) is 11.8 Å². The molecule has 1 aliphatic rings. The van der Waals surface area contributed by atoms with E-state index in [0.29, 0.717) is 22.2 Å². The number of benzene rings is 1. The monoisotopic (exact) mass is 363 g/mol. The summed E-state index contributed by atoms with van der Waals surface area (Å²) in [6.45, 7) is 0.654. The second kappa shape index (κ2) is 6.79. The number of primary amides is 1. The van der Waals surface area contributed by atoms with Gasteiger partial charge in [-0.1, -0.05) is 29.3 Å². The highest BCUT2D eigenvalue weighted by Crippen LogP contribution is 2.35. The third-order valence-electron chi connectivity index (χ3n) is 4.10. The van der Waals surface area contributed by atoms with Crippen LogP contribution in [0.25, 0.3) is 0 Å². The van der Waals surface area contributed by atoms with Gasteiger partial charge in [0.15, 0.2) is 0 Å². The Morgan fingerprint density at radius 1 is 1.17 bits per heavy atom. The van der Waals surface area contributed by atoms with Crippen LogP contribution in [0, 0.1) is 0 Å². The molecule has 7 heteroatoms. The summed E-state index contributed by atoms with van der Waals surface area (Å²) in [5.74, 6) is -0.754. The molecule has 0 aliphatic carbocycles. The zero-order chi connectivity index (χ0) is 17.3. The number of hydrogen-bond donors (Lipinski definition) is 1. The first-order valence-corrected chi connectivity index (χ1v) is 8.24. The zero-order valence-electron chi connectivity index (χ0n) is 12.7. The summed E-state index contributed by atoms with van der Waals surface area (Å²) >= 11 is 12.1. The predicted octanol–water partition coefficient (Wildman–Crippen LogP) is 3.46. The Hall–Kier alpha value is -2.11. The van der Waals surface area contributed by atoms with Crippen molar-refractivity contribution in [1.82, 2.24) is 9.88 Å². The minimum Gasteiger partial charge on any atom is -0.364 e. The van der Waals surface area contributed by atoms with Gasteiger partial charge in [-0.25, -0.2) is 0 Å². The number of amides is 2. The quantitative estimate of drug-likeness (QED) is 0.906. The van der Waals surface area contributed by atoms with E-state index in [0.717, 1.165) is 18.4 Å². The van der Waals surface area contributed by atoms with Gasteiger partial charge < -0.3 is 10.6 Å². The first kappa shape index (κ1) is 16.7. The summed E-state index contributed by atoms with van der Waals surface area (Å²) in [6, 6.07) is 8.40. The van der Waals surface area contributed by atoms with Crippen molar-refractivity contribution in [2.24, 2.45) is 5.73 Å². The van der Waals surface area contributed by atoms with Crippen LogP contribution in [0.2, 0.25) is 10.0 Å². The molecule has 1 atom stereocenters.